The first-order chi connectivity index (χ1) is 7.72. The van der Waals surface area contributed by atoms with Gasteiger partial charge in [-0.15, -0.1) is 11.3 Å². The maximum Gasteiger partial charge on any atom is 0.107 e. The molecule has 1 nitrogen and oxygen atoms in total. The van der Waals surface area contributed by atoms with Gasteiger partial charge in [0, 0.05) is 9.35 Å². The first-order valence-electron chi connectivity index (χ1n) is 5.87. The molecule has 90 valence electrons. The minimum Gasteiger partial charge on any atom is -0.316 e. The lowest BCUT2D eigenvalue weighted by Crippen LogP contribution is -2.35. The fourth-order valence-electron chi connectivity index (χ4n) is 2.52. The van der Waals surface area contributed by atoms with Crippen LogP contribution in [0.15, 0.2) is 10.5 Å². The Morgan fingerprint density at radius 2 is 2.44 bits per heavy atom. The summed E-state index contributed by atoms with van der Waals surface area (Å²) in [5.74, 6) is 1.48. The summed E-state index contributed by atoms with van der Waals surface area (Å²) in [4.78, 5) is 1.46. The van der Waals surface area contributed by atoms with E-state index in [0.717, 1.165) is 27.8 Å². The summed E-state index contributed by atoms with van der Waals surface area (Å²) < 4.78 is 1.95. The summed E-state index contributed by atoms with van der Waals surface area (Å²) in [6.07, 6.45) is 3.82. The van der Waals surface area contributed by atoms with Gasteiger partial charge in [-0.2, -0.15) is 0 Å². The molecule has 0 aromatic carbocycles. The van der Waals surface area contributed by atoms with Crippen molar-refractivity contribution < 1.29 is 0 Å². The molecule has 4 heteroatoms. The van der Waals surface area contributed by atoms with Gasteiger partial charge in [0.15, 0.2) is 0 Å². The lowest BCUT2D eigenvalue weighted by atomic mass is 9.82. The molecular weight excluding hydrogens is 306 g/mol. The highest BCUT2D eigenvalue weighted by Crippen LogP contribution is 2.41. The summed E-state index contributed by atoms with van der Waals surface area (Å²) in [7, 11) is 0. The van der Waals surface area contributed by atoms with Crippen molar-refractivity contribution in [2.75, 3.05) is 13.1 Å². The zero-order chi connectivity index (χ0) is 11.5. The predicted octanol–water partition coefficient (Wildman–Crippen LogP) is 4.66. The molecule has 0 radical (unpaired) electrons. The average Bonchev–Trinajstić information content (AvgIpc) is 2.60. The molecule has 1 aliphatic rings. The van der Waals surface area contributed by atoms with Crippen LogP contribution in [0.2, 0.25) is 4.34 Å². The second kappa shape index (κ2) is 5.85. The molecule has 2 rings (SSSR count). The molecule has 1 N–H and O–H groups in total. The summed E-state index contributed by atoms with van der Waals surface area (Å²) in [5.41, 5.74) is 0. The molecule has 0 spiro atoms. The van der Waals surface area contributed by atoms with Crippen molar-refractivity contribution in [1.29, 1.82) is 0 Å². The zero-order valence-electron chi connectivity index (χ0n) is 9.43. The molecule has 1 fully saturated rings. The molecule has 1 aliphatic heterocycles. The zero-order valence-corrected chi connectivity index (χ0v) is 12.6. The van der Waals surface area contributed by atoms with E-state index in [1.807, 2.05) is 0 Å². The Labute approximate surface area is 115 Å². The number of rotatable bonds is 3. The Balaban J connectivity index is 2.16. The van der Waals surface area contributed by atoms with Gasteiger partial charge in [0.05, 0.1) is 0 Å². The normalized spacial score (nSPS) is 25.9. The first kappa shape index (κ1) is 12.9. The third-order valence-electron chi connectivity index (χ3n) is 3.30. The summed E-state index contributed by atoms with van der Waals surface area (Å²) in [6, 6.07) is 2.21. The standard InChI is InChI=1S/C12H17BrClNS/c1-2-3-8-7-15-5-4-9(8)11-6-10(13)12(14)16-11/h6,8-9,15H,2-5,7H2,1H3. The van der Waals surface area contributed by atoms with Gasteiger partial charge in [-0.1, -0.05) is 24.9 Å². The SMILES string of the molecule is CCCC1CNCCC1c1cc(Br)c(Cl)s1. The van der Waals surface area contributed by atoms with Crippen molar-refractivity contribution in [3.05, 3.63) is 19.8 Å². The fourth-order valence-corrected chi connectivity index (χ4v) is 4.48. The number of halogens is 2. The lowest BCUT2D eigenvalue weighted by Gasteiger charge is -2.31. The van der Waals surface area contributed by atoms with Crippen LogP contribution in [0.4, 0.5) is 0 Å². The highest BCUT2D eigenvalue weighted by molar-refractivity contribution is 9.10. The van der Waals surface area contributed by atoms with Crippen LogP contribution in [0.3, 0.4) is 0 Å². The Morgan fingerprint density at radius 3 is 3.06 bits per heavy atom. The molecule has 1 saturated heterocycles. The van der Waals surface area contributed by atoms with Gasteiger partial charge in [0.2, 0.25) is 0 Å². The molecule has 1 aromatic rings. The van der Waals surface area contributed by atoms with Gasteiger partial charge < -0.3 is 5.32 Å². The predicted molar refractivity (Wildman–Crippen MR) is 75.7 cm³/mol. The minimum absolute atomic E-state index is 0.704. The fraction of sp³-hybridized carbons (Fsp3) is 0.667. The highest BCUT2D eigenvalue weighted by Gasteiger charge is 2.27. The number of hydrogen-bond acceptors (Lipinski definition) is 2. The Morgan fingerprint density at radius 1 is 1.62 bits per heavy atom. The molecular formula is C12H17BrClNS. The maximum absolute atomic E-state index is 6.13. The first-order valence-corrected chi connectivity index (χ1v) is 7.86. The molecule has 0 aliphatic carbocycles. The second-order valence-electron chi connectivity index (χ2n) is 4.42. The van der Waals surface area contributed by atoms with Gasteiger partial charge in [-0.3, -0.25) is 0 Å². The Bertz CT molecular complexity index is 331. The number of hydrogen-bond donors (Lipinski definition) is 1. The Hall–Kier alpha value is 0.430. The van der Waals surface area contributed by atoms with Crippen LogP contribution in [0.1, 0.15) is 37.0 Å². The van der Waals surface area contributed by atoms with Crippen LogP contribution >= 0.6 is 38.9 Å². The van der Waals surface area contributed by atoms with Crippen LogP contribution in [0.5, 0.6) is 0 Å². The molecule has 2 heterocycles. The highest BCUT2D eigenvalue weighted by atomic mass is 79.9. The molecule has 2 atom stereocenters. The lowest BCUT2D eigenvalue weighted by molar-refractivity contribution is 0.310. The van der Waals surface area contributed by atoms with Crippen LogP contribution in [0.25, 0.3) is 0 Å². The molecule has 16 heavy (non-hydrogen) atoms. The number of thiophene rings is 1. The van der Waals surface area contributed by atoms with E-state index in [4.69, 9.17) is 11.6 Å². The Kier molecular flexibility index (Phi) is 4.71. The van der Waals surface area contributed by atoms with E-state index in [1.165, 1.54) is 24.1 Å². The number of piperidine rings is 1. The molecule has 0 saturated carbocycles. The maximum atomic E-state index is 6.13. The van der Waals surface area contributed by atoms with Crippen molar-refractivity contribution in [2.24, 2.45) is 5.92 Å². The molecule has 1 aromatic heterocycles. The largest absolute Gasteiger partial charge is 0.316 e. The van der Waals surface area contributed by atoms with Crippen molar-refractivity contribution in [3.8, 4) is 0 Å². The van der Waals surface area contributed by atoms with Gasteiger partial charge in [0.25, 0.3) is 0 Å². The van der Waals surface area contributed by atoms with Gasteiger partial charge in [0.1, 0.15) is 4.34 Å². The average molecular weight is 323 g/mol. The summed E-state index contributed by atoms with van der Waals surface area (Å²) >= 11 is 11.4. The summed E-state index contributed by atoms with van der Waals surface area (Å²) in [6.45, 7) is 4.56. The van der Waals surface area contributed by atoms with E-state index in [0.29, 0.717) is 5.92 Å². The molecule has 0 bridgehead atoms. The van der Waals surface area contributed by atoms with Crippen LogP contribution in [0, 0.1) is 5.92 Å². The van der Waals surface area contributed by atoms with Crippen LogP contribution < -0.4 is 5.32 Å². The van der Waals surface area contributed by atoms with E-state index in [2.05, 4.69) is 34.2 Å². The van der Waals surface area contributed by atoms with Crippen LogP contribution in [-0.2, 0) is 0 Å². The quantitative estimate of drug-likeness (QED) is 0.853. The van der Waals surface area contributed by atoms with E-state index in [9.17, 15) is 0 Å². The van der Waals surface area contributed by atoms with E-state index >= 15 is 0 Å². The summed E-state index contributed by atoms with van der Waals surface area (Å²) in [5, 5.41) is 3.50. The monoisotopic (exact) mass is 321 g/mol. The second-order valence-corrected chi connectivity index (χ2v) is 6.96. The van der Waals surface area contributed by atoms with E-state index in [-0.39, 0.29) is 0 Å². The van der Waals surface area contributed by atoms with E-state index < -0.39 is 0 Å². The third-order valence-corrected chi connectivity index (χ3v) is 5.90. The molecule has 0 amide bonds. The minimum atomic E-state index is 0.704. The van der Waals surface area contributed by atoms with Crippen molar-refractivity contribution in [1.82, 2.24) is 5.32 Å². The van der Waals surface area contributed by atoms with Crippen LogP contribution in [-0.4, -0.2) is 13.1 Å². The smallest absolute Gasteiger partial charge is 0.107 e. The van der Waals surface area contributed by atoms with E-state index in [1.54, 1.807) is 11.3 Å². The van der Waals surface area contributed by atoms with Crippen molar-refractivity contribution in [2.45, 2.75) is 32.1 Å². The van der Waals surface area contributed by atoms with Gasteiger partial charge in [-0.25, -0.2) is 0 Å². The molecule has 2 unspecified atom stereocenters. The van der Waals surface area contributed by atoms with Crippen molar-refractivity contribution >= 4 is 38.9 Å². The third kappa shape index (κ3) is 2.81. The number of nitrogens with one attached hydrogen (secondary N) is 1. The topological polar surface area (TPSA) is 12.0 Å². The van der Waals surface area contributed by atoms with Crippen molar-refractivity contribution in [3.63, 3.8) is 0 Å². The van der Waals surface area contributed by atoms with Gasteiger partial charge >= 0.3 is 0 Å². The van der Waals surface area contributed by atoms with Gasteiger partial charge in [-0.05, 0) is 59.8 Å².